The first-order valence-electron chi connectivity index (χ1n) is 21.7. The first kappa shape index (κ1) is 41.6. The van der Waals surface area contributed by atoms with E-state index in [2.05, 4.69) is 22.5 Å². The van der Waals surface area contributed by atoms with E-state index in [1.165, 1.54) is 19.3 Å². The molecule has 5 N–H and O–H groups in total. The lowest BCUT2D eigenvalue weighted by Gasteiger charge is -2.35. The van der Waals surface area contributed by atoms with Crippen molar-refractivity contribution in [2.75, 3.05) is 6.54 Å². The Balaban J connectivity index is 1.22. The van der Waals surface area contributed by atoms with Gasteiger partial charge in [-0.15, -0.1) is 0 Å². The molecule has 11 nitrogen and oxygen atoms in total. The number of unbranched alkanes of at least 4 members (excludes halogenated alkanes) is 3. The lowest BCUT2D eigenvalue weighted by Crippen LogP contribution is -2.61. The molecule has 0 radical (unpaired) electrons. The number of benzene rings is 1. The number of likely N-dealkylation sites (tertiary alicyclic amines) is 1. The molecule has 1 heterocycles. The molecule has 5 amide bonds. The molecule has 0 aromatic heterocycles. The van der Waals surface area contributed by atoms with Gasteiger partial charge in [0.1, 0.15) is 12.1 Å². The quantitative estimate of drug-likeness (QED) is 0.0752. The highest BCUT2D eigenvalue weighted by Gasteiger charge is 2.48. The monoisotopic (exact) mass is 771 g/mol. The molecule has 5 atom stereocenters. The molecule has 1 saturated heterocycles. The fraction of sp³-hybridized carbons (Fsp3) is 0.689. The Kier molecular flexibility index (Phi) is 14.1. The average molecular weight is 772 g/mol. The Morgan fingerprint density at radius 2 is 1.43 bits per heavy atom. The number of ketones is 2. The van der Waals surface area contributed by atoms with Crippen molar-refractivity contribution in [2.45, 2.75) is 154 Å². The van der Waals surface area contributed by atoms with Crippen molar-refractivity contribution in [3.63, 3.8) is 0 Å². The Labute approximate surface area is 333 Å². The van der Waals surface area contributed by atoms with Gasteiger partial charge < -0.3 is 26.6 Å². The summed E-state index contributed by atoms with van der Waals surface area (Å²) in [6.45, 7) is 8.60. The molecule has 5 aliphatic rings. The Morgan fingerprint density at radius 1 is 0.786 bits per heavy atom. The molecule has 56 heavy (non-hydrogen) atoms. The topological polar surface area (TPSA) is 168 Å². The van der Waals surface area contributed by atoms with Crippen molar-refractivity contribution in [3.05, 3.63) is 47.5 Å². The van der Waals surface area contributed by atoms with Gasteiger partial charge >= 0.3 is 6.03 Å². The molecule has 4 fully saturated rings. The summed E-state index contributed by atoms with van der Waals surface area (Å²) >= 11 is 0. The van der Waals surface area contributed by atoms with Gasteiger partial charge in [0, 0.05) is 18.4 Å². The summed E-state index contributed by atoms with van der Waals surface area (Å²) in [6, 6.07) is 3.81. The van der Waals surface area contributed by atoms with E-state index >= 15 is 4.79 Å². The van der Waals surface area contributed by atoms with Crippen LogP contribution >= 0.6 is 0 Å². The van der Waals surface area contributed by atoms with E-state index in [4.69, 9.17) is 5.73 Å². The van der Waals surface area contributed by atoms with Crippen LogP contribution in [0.5, 0.6) is 0 Å². The van der Waals surface area contributed by atoms with Crippen LogP contribution in [0.2, 0.25) is 0 Å². The molecule has 0 bridgehead atoms. The summed E-state index contributed by atoms with van der Waals surface area (Å²) in [4.78, 5) is 83.9. The number of nitrogens with one attached hydrogen (secondary N) is 3. The molecule has 1 unspecified atom stereocenters. The summed E-state index contributed by atoms with van der Waals surface area (Å²) in [5.41, 5.74) is 8.52. The Bertz CT molecular complexity index is 1600. The number of carbonyl (C=O) groups excluding carboxylic acids is 6. The van der Waals surface area contributed by atoms with Gasteiger partial charge in [0.2, 0.25) is 17.6 Å². The fourth-order valence-corrected chi connectivity index (χ4v) is 9.64. The first-order valence-corrected chi connectivity index (χ1v) is 21.7. The fourth-order valence-electron chi connectivity index (χ4n) is 9.64. The van der Waals surface area contributed by atoms with Gasteiger partial charge in [0.05, 0.1) is 12.1 Å². The molecule has 11 heteroatoms. The zero-order valence-corrected chi connectivity index (χ0v) is 33.7. The number of nitrogens with zero attached hydrogens (tertiary/aromatic N) is 1. The molecule has 0 spiro atoms. The van der Waals surface area contributed by atoms with E-state index in [9.17, 15) is 24.0 Å². The lowest BCUT2D eigenvalue weighted by atomic mass is 9.81. The highest BCUT2D eigenvalue weighted by molar-refractivity contribution is 6.37. The maximum absolute atomic E-state index is 15.0. The standard InChI is InChI=1S/C45H65N5O6/c1-27(2)28(3)35-23-24-50(39(35)43(54)47-36(41(52)42(46)53)18-10-5-4-7-13-29-19-20-29)44(55)38(34-25-32-16-11-12-17-33(32)26-34)49-45(56)48-37(40(51)31-21-22-31)30-14-8-6-9-15-30/h11-12,16-17,27,29-31,34-39H,3-10,13-15,18-26H2,1-2H3,(H2,46,53)(H,47,54)(H2,48,49,56)/t35-,36?,37+,38+,39+/m1/s1. The molecule has 1 aromatic carbocycles. The molecular weight excluding hydrogens is 707 g/mol. The summed E-state index contributed by atoms with van der Waals surface area (Å²) < 4.78 is 0. The van der Waals surface area contributed by atoms with E-state index in [0.29, 0.717) is 25.7 Å². The van der Waals surface area contributed by atoms with E-state index < -0.39 is 53.7 Å². The van der Waals surface area contributed by atoms with Crippen LogP contribution in [-0.4, -0.2) is 70.9 Å². The summed E-state index contributed by atoms with van der Waals surface area (Å²) in [7, 11) is 0. The summed E-state index contributed by atoms with van der Waals surface area (Å²) in [5.74, 6) is -2.51. The third-order valence-electron chi connectivity index (χ3n) is 13.4. The third kappa shape index (κ3) is 10.5. The van der Waals surface area contributed by atoms with Gasteiger partial charge in [0.25, 0.3) is 5.91 Å². The summed E-state index contributed by atoms with van der Waals surface area (Å²) in [5, 5.41) is 8.96. The number of carbonyl (C=O) groups is 6. The van der Waals surface area contributed by atoms with Crippen LogP contribution in [0.25, 0.3) is 0 Å². The van der Waals surface area contributed by atoms with Gasteiger partial charge in [0.15, 0.2) is 5.78 Å². The van der Waals surface area contributed by atoms with Crippen LogP contribution < -0.4 is 21.7 Å². The van der Waals surface area contributed by atoms with Gasteiger partial charge in [-0.25, -0.2) is 4.79 Å². The molecule has 1 aromatic rings. The van der Waals surface area contributed by atoms with Crippen LogP contribution in [0, 0.1) is 35.5 Å². The highest BCUT2D eigenvalue weighted by atomic mass is 16.2. The van der Waals surface area contributed by atoms with Gasteiger partial charge in [-0.3, -0.25) is 24.0 Å². The number of rotatable bonds is 20. The summed E-state index contributed by atoms with van der Waals surface area (Å²) in [6.07, 6.45) is 16.1. The van der Waals surface area contributed by atoms with Crippen LogP contribution in [0.4, 0.5) is 4.79 Å². The van der Waals surface area contributed by atoms with Crippen molar-refractivity contribution < 1.29 is 28.8 Å². The normalized spacial score (nSPS) is 22.9. The van der Waals surface area contributed by atoms with E-state index in [1.54, 1.807) is 4.90 Å². The zero-order chi connectivity index (χ0) is 39.9. The second-order valence-corrected chi connectivity index (χ2v) is 17.9. The zero-order valence-electron chi connectivity index (χ0n) is 33.7. The highest BCUT2D eigenvalue weighted by Crippen LogP contribution is 2.38. The van der Waals surface area contributed by atoms with Crippen LogP contribution in [0.3, 0.4) is 0 Å². The number of primary amides is 1. The number of nitrogens with two attached hydrogens (primary N) is 1. The maximum Gasteiger partial charge on any atom is 0.316 e. The predicted molar refractivity (Wildman–Crippen MR) is 215 cm³/mol. The molecule has 6 rings (SSSR count). The molecule has 3 saturated carbocycles. The Morgan fingerprint density at radius 3 is 2.04 bits per heavy atom. The molecular formula is C45H65N5O6. The minimum atomic E-state index is -1.10. The van der Waals surface area contributed by atoms with Crippen molar-refractivity contribution in [1.82, 2.24) is 20.9 Å². The van der Waals surface area contributed by atoms with Crippen LogP contribution in [0.1, 0.15) is 128 Å². The molecule has 1 aliphatic heterocycles. The van der Waals surface area contributed by atoms with Crippen molar-refractivity contribution in [3.8, 4) is 0 Å². The van der Waals surface area contributed by atoms with Gasteiger partial charge in [-0.1, -0.05) is 114 Å². The van der Waals surface area contributed by atoms with E-state index in [-0.39, 0.29) is 48.3 Å². The first-order chi connectivity index (χ1) is 26.9. The second-order valence-electron chi connectivity index (χ2n) is 17.9. The van der Waals surface area contributed by atoms with Gasteiger partial charge in [-0.2, -0.15) is 0 Å². The SMILES string of the molecule is C=C(C(C)C)[C@H]1CCN(C(=O)[C@@H](NC(=O)N[C@H](C(=O)C2CC2)C2CCCCC2)C2Cc3ccccc3C2)[C@@H]1C(=O)NC(CCCCCCC1CC1)C(=O)C(N)=O. The van der Waals surface area contributed by atoms with Crippen molar-refractivity contribution >= 4 is 35.3 Å². The third-order valence-corrected chi connectivity index (χ3v) is 13.4. The minimum Gasteiger partial charge on any atom is -0.363 e. The predicted octanol–water partition coefficient (Wildman–Crippen LogP) is 5.72. The van der Waals surface area contributed by atoms with Gasteiger partial charge in [-0.05, 0) is 86.2 Å². The van der Waals surface area contributed by atoms with Crippen molar-refractivity contribution in [2.24, 2.45) is 41.2 Å². The number of urea groups is 1. The number of fused-ring (bicyclic) bond motifs is 1. The Hall–Kier alpha value is -4.02. The van der Waals surface area contributed by atoms with E-state index in [0.717, 1.165) is 86.8 Å². The maximum atomic E-state index is 15.0. The second kappa shape index (κ2) is 18.9. The lowest BCUT2D eigenvalue weighted by molar-refractivity contribution is -0.143. The number of Topliss-reactive ketones (excluding diaryl/α,β-unsaturated/α-hetero) is 2. The largest absolute Gasteiger partial charge is 0.363 e. The van der Waals surface area contributed by atoms with Crippen molar-refractivity contribution in [1.29, 1.82) is 0 Å². The smallest absolute Gasteiger partial charge is 0.316 e. The van der Waals surface area contributed by atoms with E-state index in [1.807, 2.05) is 38.1 Å². The average Bonchev–Trinajstić information content (AvgIpc) is 4.13. The van der Waals surface area contributed by atoms with Crippen LogP contribution in [-0.2, 0) is 36.8 Å². The number of hydrogen-bond donors (Lipinski definition) is 4. The number of hydrogen-bond acceptors (Lipinski definition) is 6. The minimum absolute atomic E-state index is 0.0172. The molecule has 4 aliphatic carbocycles. The van der Waals surface area contributed by atoms with Crippen LogP contribution in [0.15, 0.2) is 36.4 Å². The molecule has 306 valence electrons. The number of amides is 5.